The summed E-state index contributed by atoms with van der Waals surface area (Å²) in [6, 6.07) is 17.8. The van der Waals surface area contributed by atoms with Crippen molar-refractivity contribution in [3.05, 3.63) is 66.0 Å². The zero-order valence-corrected chi connectivity index (χ0v) is 14.0. The van der Waals surface area contributed by atoms with Crippen LogP contribution in [0.2, 0.25) is 0 Å². The highest BCUT2D eigenvalue weighted by Gasteiger charge is 2.16. The highest BCUT2D eigenvalue weighted by molar-refractivity contribution is 7.94. The third-order valence-electron chi connectivity index (χ3n) is 3.42. The van der Waals surface area contributed by atoms with E-state index in [-0.39, 0.29) is 4.21 Å². The quantitative estimate of drug-likeness (QED) is 0.590. The Hall–Kier alpha value is -2.64. The monoisotopic (exact) mass is 356 g/mol. The van der Waals surface area contributed by atoms with Crippen molar-refractivity contribution in [2.24, 2.45) is 0 Å². The van der Waals surface area contributed by atoms with Gasteiger partial charge in [0.1, 0.15) is 9.73 Å². The Bertz CT molecular complexity index is 1090. The van der Waals surface area contributed by atoms with Crippen molar-refractivity contribution in [3.63, 3.8) is 0 Å². The summed E-state index contributed by atoms with van der Waals surface area (Å²) in [5.74, 6) is 0.504. The lowest BCUT2D eigenvalue weighted by Gasteiger charge is -2.05. The van der Waals surface area contributed by atoms with E-state index in [2.05, 4.69) is 9.71 Å². The molecule has 4 aromatic rings. The van der Waals surface area contributed by atoms with E-state index in [1.807, 2.05) is 30.3 Å². The molecule has 0 fully saturated rings. The normalized spacial score (nSPS) is 11.7. The van der Waals surface area contributed by atoms with Crippen LogP contribution in [-0.2, 0) is 10.0 Å². The van der Waals surface area contributed by atoms with Gasteiger partial charge in [0.2, 0.25) is 5.89 Å². The van der Waals surface area contributed by atoms with Crippen LogP contribution in [0.25, 0.3) is 22.6 Å². The van der Waals surface area contributed by atoms with Crippen LogP contribution in [0.4, 0.5) is 5.69 Å². The van der Waals surface area contributed by atoms with E-state index in [1.54, 1.807) is 35.7 Å². The predicted octanol–water partition coefficient (Wildman–Crippen LogP) is 4.36. The molecule has 4 rings (SSSR count). The number of aromatic nitrogens is 1. The van der Waals surface area contributed by atoms with Crippen LogP contribution >= 0.6 is 11.3 Å². The van der Waals surface area contributed by atoms with Gasteiger partial charge >= 0.3 is 0 Å². The van der Waals surface area contributed by atoms with Gasteiger partial charge < -0.3 is 4.42 Å². The summed E-state index contributed by atoms with van der Waals surface area (Å²) in [5.41, 5.74) is 2.52. The van der Waals surface area contributed by atoms with Crippen molar-refractivity contribution < 1.29 is 12.8 Å². The molecule has 0 radical (unpaired) electrons. The molecule has 5 nitrogen and oxygen atoms in total. The Morgan fingerprint density at radius 1 is 1.00 bits per heavy atom. The number of thiophene rings is 1. The predicted molar refractivity (Wildman–Crippen MR) is 94.6 cm³/mol. The molecule has 2 aromatic carbocycles. The molecule has 120 valence electrons. The number of rotatable bonds is 4. The average molecular weight is 356 g/mol. The highest BCUT2D eigenvalue weighted by atomic mass is 32.2. The van der Waals surface area contributed by atoms with Crippen LogP contribution in [0.1, 0.15) is 0 Å². The largest absolute Gasteiger partial charge is 0.436 e. The van der Waals surface area contributed by atoms with Crippen molar-refractivity contribution in [2.45, 2.75) is 4.21 Å². The fraction of sp³-hybridized carbons (Fsp3) is 0. The molecule has 0 unspecified atom stereocenters. The molecule has 24 heavy (non-hydrogen) atoms. The molecule has 0 amide bonds. The van der Waals surface area contributed by atoms with Crippen LogP contribution in [0.3, 0.4) is 0 Å². The summed E-state index contributed by atoms with van der Waals surface area (Å²) >= 11 is 1.17. The summed E-state index contributed by atoms with van der Waals surface area (Å²) in [7, 11) is -3.57. The van der Waals surface area contributed by atoms with Gasteiger partial charge in [-0.05, 0) is 41.8 Å². The number of fused-ring (bicyclic) bond motifs is 1. The zero-order chi connectivity index (χ0) is 16.6. The Labute approximate surface area is 142 Å². The van der Waals surface area contributed by atoms with Crippen LogP contribution in [0.5, 0.6) is 0 Å². The first-order valence-electron chi connectivity index (χ1n) is 7.14. The summed E-state index contributed by atoms with van der Waals surface area (Å²) in [6.45, 7) is 0. The maximum atomic E-state index is 12.3. The first-order chi connectivity index (χ1) is 11.6. The van der Waals surface area contributed by atoms with E-state index >= 15 is 0 Å². The van der Waals surface area contributed by atoms with Crippen LogP contribution < -0.4 is 4.72 Å². The molecular weight excluding hydrogens is 344 g/mol. The number of nitrogens with zero attached hydrogens (tertiary/aromatic N) is 1. The lowest BCUT2D eigenvalue weighted by atomic mass is 10.2. The molecule has 1 N–H and O–H groups in total. The second-order valence-electron chi connectivity index (χ2n) is 5.11. The molecule has 0 aliphatic heterocycles. The van der Waals surface area contributed by atoms with Crippen molar-refractivity contribution >= 4 is 38.1 Å². The smallest absolute Gasteiger partial charge is 0.271 e. The van der Waals surface area contributed by atoms with Gasteiger partial charge in [-0.15, -0.1) is 11.3 Å². The van der Waals surface area contributed by atoms with Gasteiger partial charge in [0.05, 0.1) is 5.69 Å². The van der Waals surface area contributed by atoms with Gasteiger partial charge in [-0.1, -0.05) is 24.3 Å². The summed E-state index contributed by atoms with van der Waals surface area (Å²) in [4.78, 5) is 4.44. The zero-order valence-electron chi connectivity index (χ0n) is 12.3. The second kappa shape index (κ2) is 5.77. The Kier molecular flexibility index (Phi) is 3.59. The van der Waals surface area contributed by atoms with E-state index in [4.69, 9.17) is 4.42 Å². The van der Waals surface area contributed by atoms with E-state index in [9.17, 15) is 8.42 Å². The first kappa shape index (κ1) is 14.9. The van der Waals surface area contributed by atoms with Crippen molar-refractivity contribution in [2.75, 3.05) is 4.72 Å². The van der Waals surface area contributed by atoms with Gasteiger partial charge in [0, 0.05) is 5.56 Å². The molecule has 2 heterocycles. The lowest BCUT2D eigenvalue weighted by Crippen LogP contribution is -2.11. The lowest BCUT2D eigenvalue weighted by molar-refractivity contribution is 0.603. The molecule has 0 saturated carbocycles. The molecular formula is C17H12N2O3S2. The van der Waals surface area contributed by atoms with Crippen molar-refractivity contribution in [3.8, 4) is 11.5 Å². The average Bonchev–Trinajstić information content (AvgIpc) is 3.25. The molecule has 0 saturated heterocycles. The standard InChI is InChI=1S/C17H12N2O3S2/c20-24(21,16-7-4-10-23-16)19-13-8-9-15-14(11-13)18-17(22-15)12-5-2-1-3-6-12/h1-11,19H. The molecule has 7 heteroatoms. The van der Waals surface area contributed by atoms with Crippen molar-refractivity contribution in [1.82, 2.24) is 4.98 Å². The maximum Gasteiger partial charge on any atom is 0.271 e. The Morgan fingerprint density at radius 2 is 1.83 bits per heavy atom. The van der Waals surface area contributed by atoms with E-state index in [0.29, 0.717) is 22.7 Å². The SMILES string of the molecule is O=S(=O)(Nc1ccc2oc(-c3ccccc3)nc2c1)c1cccs1. The molecule has 0 bridgehead atoms. The maximum absolute atomic E-state index is 12.3. The highest BCUT2D eigenvalue weighted by Crippen LogP contribution is 2.27. The van der Waals surface area contributed by atoms with Crippen LogP contribution in [0.15, 0.2) is 74.7 Å². The van der Waals surface area contributed by atoms with E-state index in [1.165, 1.54) is 11.3 Å². The summed E-state index contributed by atoms with van der Waals surface area (Å²) in [5, 5.41) is 1.72. The first-order valence-corrected chi connectivity index (χ1v) is 9.50. The minimum atomic E-state index is -3.57. The number of hydrogen-bond donors (Lipinski definition) is 1. The van der Waals surface area contributed by atoms with Gasteiger partial charge in [-0.3, -0.25) is 4.72 Å². The minimum Gasteiger partial charge on any atom is -0.436 e. The number of hydrogen-bond acceptors (Lipinski definition) is 5. The molecule has 2 aromatic heterocycles. The summed E-state index contributed by atoms with van der Waals surface area (Å²) in [6.07, 6.45) is 0. The Balaban J connectivity index is 1.69. The van der Waals surface area contributed by atoms with Gasteiger partial charge in [-0.25, -0.2) is 13.4 Å². The van der Waals surface area contributed by atoms with Gasteiger partial charge in [0.15, 0.2) is 5.58 Å². The van der Waals surface area contributed by atoms with Gasteiger partial charge in [-0.2, -0.15) is 0 Å². The van der Waals surface area contributed by atoms with Crippen LogP contribution in [-0.4, -0.2) is 13.4 Å². The van der Waals surface area contributed by atoms with Crippen LogP contribution in [0, 0.1) is 0 Å². The number of sulfonamides is 1. The topological polar surface area (TPSA) is 72.2 Å². The van der Waals surface area contributed by atoms with Gasteiger partial charge in [0.25, 0.3) is 10.0 Å². The van der Waals surface area contributed by atoms with Crippen molar-refractivity contribution in [1.29, 1.82) is 0 Å². The molecule has 0 spiro atoms. The van der Waals surface area contributed by atoms with E-state index < -0.39 is 10.0 Å². The Morgan fingerprint density at radius 3 is 2.58 bits per heavy atom. The minimum absolute atomic E-state index is 0.271. The third kappa shape index (κ3) is 2.79. The second-order valence-corrected chi connectivity index (χ2v) is 7.96. The third-order valence-corrected chi connectivity index (χ3v) is 6.20. The number of nitrogens with one attached hydrogen (secondary N) is 1. The fourth-order valence-electron chi connectivity index (χ4n) is 2.32. The fourth-order valence-corrected chi connectivity index (χ4v) is 4.36. The molecule has 0 aliphatic rings. The number of oxazole rings is 1. The number of anilines is 1. The number of benzene rings is 2. The summed E-state index contributed by atoms with van der Waals surface area (Å²) < 4.78 is 33.1. The van der Waals surface area contributed by atoms with E-state index in [0.717, 1.165) is 5.56 Å². The molecule has 0 aliphatic carbocycles. The molecule has 0 atom stereocenters.